The Kier molecular flexibility index (Phi) is 20.8. The summed E-state index contributed by atoms with van der Waals surface area (Å²) in [6, 6.07) is 8.82. The number of halogens is 4. The molecule has 0 N–H and O–H groups in total. The van der Waals surface area contributed by atoms with E-state index in [1.54, 1.807) is 14.2 Å². The Balaban J connectivity index is 0.000000670. The Bertz CT molecular complexity index is 992. The molecule has 231 valence electrons. The first-order valence-electron chi connectivity index (χ1n) is 12.8. The van der Waals surface area contributed by atoms with Crippen LogP contribution in [-0.2, 0) is 61.7 Å². The zero-order valence-electron chi connectivity index (χ0n) is 25.0. The van der Waals surface area contributed by atoms with Crippen LogP contribution in [0.2, 0.25) is 0 Å². The summed E-state index contributed by atoms with van der Waals surface area (Å²) in [5, 5.41) is 0. The number of benzene rings is 2. The van der Waals surface area contributed by atoms with E-state index in [4.69, 9.17) is 28.4 Å². The molecule has 0 aliphatic heterocycles. The fraction of sp³-hybridized carbons (Fsp3) is 0.484. The van der Waals surface area contributed by atoms with Gasteiger partial charge in [0.15, 0.2) is 11.6 Å². The average Bonchev–Trinajstić information content (AvgIpc) is 3.56. The Hall–Kier alpha value is -1.89. The first-order valence-corrected chi connectivity index (χ1v) is 12.8. The second-order valence-electron chi connectivity index (χ2n) is 8.59. The van der Waals surface area contributed by atoms with Crippen LogP contribution in [0, 0.1) is 41.5 Å². The third-order valence-corrected chi connectivity index (χ3v) is 6.16. The van der Waals surface area contributed by atoms with E-state index in [1.165, 1.54) is 40.6 Å². The Labute approximate surface area is 261 Å². The van der Waals surface area contributed by atoms with Crippen LogP contribution in [0.3, 0.4) is 0 Å². The van der Waals surface area contributed by atoms with Crippen molar-refractivity contribution < 1.29 is 67.7 Å². The third-order valence-electron chi connectivity index (χ3n) is 6.16. The van der Waals surface area contributed by atoms with Crippen LogP contribution in [0.1, 0.15) is 43.2 Å². The van der Waals surface area contributed by atoms with Gasteiger partial charge in [0.1, 0.15) is 0 Å². The molecule has 6 nitrogen and oxygen atoms in total. The van der Waals surface area contributed by atoms with Gasteiger partial charge in [0.25, 0.3) is 0 Å². The third kappa shape index (κ3) is 12.4. The van der Waals surface area contributed by atoms with Crippen LogP contribution in [0.25, 0.3) is 0 Å². The zero-order chi connectivity index (χ0) is 30.7. The second-order valence-corrected chi connectivity index (χ2v) is 8.59. The number of hydrogen-bond acceptors (Lipinski definition) is 6. The fourth-order valence-electron chi connectivity index (χ4n) is 4.00. The molecule has 0 aromatic heterocycles. The molecular formula is C31H39F4O6Ti. The van der Waals surface area contributed by atoms with Gasteiger partial charge in [-0.05, 0) is 25.7 Å². The van der Waals surface area contributed by atoms with E-state index < -0.39 is 34.8 Å². The SMILES string of the molecule is COCCCC(OC)(OC)c1ccc(F)[c-]c1F.COCCCC(OC)(OC)c1ccc(F)[c-]c1F.[C-]1=CC=CC1.[Ti+3]. The summed E-state index contributed by atoms with van der Waals surface area (Å²) in [5.41, 5.74) is 0.259. The molecule has 0 spiro atoms. The largest absolute Gasteiger partial charge is 3.00 e. The van der Waals surface area contributed by atoms with E-state index in [0.29, 0.717) is 38.9 Å². The molecule has 0 heterocycles. The minimum Gasteiger partial charge on any atom is -0.385 e. The van der Waals surface area contributed by atoms with E-state index in [2.05, 4.69) is 12.2 Å². The van der Waals surface area contributed by atoms with Crippen molar-refractivity contribution in [3.8, 4) is 0 Å². The van der Waals surface area contributed by atoms with Crippen molar-refractivity contribution >= 4 is 0 Å². The molecule has 1 radical (unpaired) electrons. The van der Waals surface area contributed by atoms with Gasteiger partial charge in [0, 0.05) is 79.1 Å². The van der Waals surface area contributed by atoms with Gasteiger partial charge in [-0.1, -0.05) is 11.1 Å². The Morgan fingerprint density at radius 3 is 1.31 bits per heavy atom. The summed E-state index contributed by atoms with van der Waals surface area (Å²) in [4.78, 5) is 0. The minimum absolute atomic E-state index is 0. The molecule has 0 bridgehead atoms. The summed E-state index contributed by atoms with van der Waals surface area (Å²) in [6.07, 6.45) is 12.0. The number of ether oxygens (including phenoxy) is 6. The molecular weight excluding hydrogens is 592 g/mol. The van der Waals surface area contributed by atoms with Gasteiger partial charge in [0.05, 0.1) is 0 Å². The summed E-state index contributed by atoms with van der Waals surface area (Å²) in [5.74, 6) is -5.62. The van der Waals surface area contributed by atoms with Gasteiger partial charge in [0.2, 0.25) is 0 Å². The van der Waals surface area contributed by atoms with Crippen molar-refractivity contribution in [2.75, 3.05) is 55.9 Å². The number of allylic oxidation sites excluding steroid dienone is 4. The smallest absolute Gasteiger partial charge is 0.385 e. The minimum atomic E-state index is -1.24. The maximum absolute atomic E-state index is 13.7. The van der Waals surface area contributed by atoms with Gasteiger partial charge < -0.3 is 28.4 Å². The van der Waals surface area contributed by atoms with Crippen molar-refractivity contribution in [2.45, 2.75) is 43.7 Å². The maximum atomic E-state index is 13.7. The monoisotopic (exact) mass is 631 g/mol. The standard InChI is InChI=1S/2C13H17F2O3.C5H5.Ti/c2*1-16-8-4-7-13(17-2,18-3)11-6-5-10(14)9-12(11)15;1-2-4-5-3-1;/h2*5-6H,4,7-8H2,1-3H3;1-3H,4H2;/q3*-1;+3. The van der Waals surface area contributed by atoms with Gasteiger partial charge in [-0.15, -0.1) is 30.7 Å². The van der Waals surface area contributed by atoms with E-state index in [1.807, 2.05) is 24.3 Å². The molecule has 0 saturated carbocycles. The predicted molar refractivity (Wildman–Crippen MR) is 146 cm³/mol. The van der Waals surface area contributed by atoms with Crippen molar-refractivity contribution in [1.82, 2.24) is 0 Å². The van der Waals surface area contributed by atoms with Crippen LogP contribution in [0.4, 0.5) is 17.6 Å². The van der Waals surface area contributed by atoms with Gasteiger partial charge in [-0.25, -0.2) is 29.7 Å². The number of methoxy groups -OCH3 is 6. The molecule has 0 amide bonds. The van der Waals surface area contributed by atoms with E-state index >= 15 is 0 Å². The molecule has 1 aliphatic carbocycles. The molecule has 3 rings (SSSR count). The molecule has 2 aromatic carbocycles. The summed E-state index contributed by atoms with van der Waals surface area (Å²) >= 11 is 0. The van der Waals surface area contributed by atoms with Gasteiger partial charge >= 0.3 is 21.7 Å². The van der Waals surface area contributed by atoms with Crippen LogP contribution in [0.5, 0.6) is 0 Å². The average molecular weight is 632 g/mol. The van der Waals surface area contributed by atoms with Gasteiger partial charge in [-0.2, -0.15) is 18.2 Å². The fourth-order valence-corrected chi connectivity index (χ4v) is 4.00. The van der Waals surface area contributed by atoms with Crippen molar-refractivity contribution in [3.63, 3.8) is 0 Å². The molecule has 42 heavy (non-hydrogen) atoms. The Morgan fingerprint density at radius 2 is 1.07 bits per heavy atom. The summed E-state index contributed by atoms with van der Waals surface area (Å²) < 4.78 is 84.2. The van der Waals surface area contributed by atoms with E-state index in [-0.39, 0.29) is 32.8 Å². The van der Waals surface area contributed by atoms with Crippen LogP contribution < -0.4 is 0 Å². The first kappa shape index (κ1) is 40.1. The number of rotatable bonds is 14. The van der Waals surface area contributed by atoms with Gasteiger partial charge in [-0.3, -0.25) is 6.08 Å². The van der Waals surface area contributed by atoms with Crippen molar-refractivity contribution in [1.29, 1.82) is 0 Å². The molecule has 0 fully saturated rings. The Morgan fingerprint density at radius 1 is 0.667 bits per heavy atom. The predicted octanol–water partition coefficient (Wildman–Crippen LogP) is 6.58. The van der Waals surface area contributed by atoms with Crippen molar-refractivity contribution in [3.05, 3.63) is 95.1 Å². The van der Waals surface area contributed by atoms with Crippen LogP contribution in [-0.4, -0.2) is 55.9 Å². The summed E-state index contributed by atoms with van der Waals surface area (Å²) in [7, 11) is 8.82. The molecule has 11 heteroatoms. The molecule has 0 unspecified atom stereocenters. The summed E-state index contributed by atoms with van der Waals surface area (Å²) in [6.45, 7) is 1.00. The zero-order valence-corrected chi connectivity index (χ0v) is 26.5. The molecule has 0 saturated heterocycles. The van der Waals surface area contributed by atoms with Crippen LogP contribution >= 0.6 is 0 Å². The molecule has 0 atom stereocenters. The van der Waals surface area contributed by atoms with Crippen LogP contribution in [0.15, 0.2) is 42.5 Å². The van der Waals surface area contributed by atoms with E-state index in [0.717, 1.165) is 18.6 Å². The molecule has 1 aliphatic rings. The van der Waals surface area contributed by atoms with E-state index in [9.17, 15) is 17.6 Å². The topological polar surface area (TPSA) is 55.4 Å². The normalized spacial score (nSPS) is 12.2. The maximum Gasteiger partial charge on any atom is 3.00 e. The quantitative estimate of drug-likeness (QED) is 0.0773. The number of hydrogen-bond donors (Lipinski definition) is 0. The van der Waals surface area contributed by atoms with Crippen molar-refractivity contribution in [2.24, 2.45) is 0 Å². The second kappa shape index (κ2) is 21.7. The molecule has 2 aromatic rings. The first-order chi connectivity index (χ1) is 19.7.